The van der Waals surface area contributed by atoms with Crippen LogP contribution in [0.4, 0.5) is 10.8 Å². The summed E-state index contributed by atoms with van der Waals surface area (Å²) in [6.07, 6.45) is 0. The van der Waals surface area contributed by atoms with E-state index in [1.165, 1.54) is 0 Å². The molecule has 0 aliphatic rings. The minimum atomic E-state index is 0.695. The molecule has 0 aliphatic carbocycles. The van der Waals surface area contributed by atoms with E-state index < -0.39 is 0 Å². The van der Waals surface area contributed by atoms with Crippen LogP contribution in [0.1, 0.15) is 5.69 Å². The first-order chi connectivity index (χ1) is 16.3. The largest absolute Gasteiger partial charge is 0.497 e. The van der Waals surface area contributed by atoms with E-state index in [0.717, 1.165) is 44.5 Å². The van der Waals surface area contributed by atoms with E-state index in [4.69, 9.17) is 9.72 Å². The van der Waals surface area contributed by atoms with Gasteiger partial charge in [-0.3, -0.25) is 4.57 Å². The summed E-state index contributed by atoms with van der Waals surface area (Å²) >= 11 is 3.21. The minimum absolute atomic E-state index is 0.695. The van der Waals surface area contributed by atoms with Crippen LogP contribution in [0, 0.1) is 0 Å². The molecule has 0 bridgehead atoms. The molecule has 8 heteroatoms. The number of anilines is 2. The molecular formula is C25H21N5OS2. The van der Waals surface area contributed by atoms with Crippen molar-refractivity contribution in [2.75, 3.05) is 12.4 Å². The highest BCUT2D eigenvalue weighted by Crippen LogP contribution is 2.31. The molecule has 2 heterocycles. The first-order valence-electron chi connectivity index (χ1n) is 10.3. The molecular weight excluding hydrogens is 450 g/mol. The Balaban J connectivity index is 1.39. The number of hydrogen-bond acceptors (Lipinski definition) is 7. The van der Waals surface area contributed by atoms with E-state index in [0.29, 0.717) is 5.75 Å². The van der Waals surface area contributed by atoms with Crippen molar-refractivity contribution in [1.29, 1.82) is 0 Å². The molecule has 0 saturated carbocycles. The van der Waals surface area contributed by atoms with Crippen molar-refractivity contribution in [2.24, 2.45) is 0 Å². The predicted molar refractivity (Wildman–Crippen MR) is 135 cm³/mol. The van der Waals surface area contributed by atoms with Crippen LogP contribution >= 0.6 is 23.1 Å². The van der Waals surface area contributed by atoms with Crippen molar-refractivity contribution in [3.05, 3.63) is 96.0 Å². The van der Waals surface area contributed by atoms with Gasteiger partial charge in [-0.05, 0) is 48.5 Å². The Morgan fingerprint density at radius 2 is 1.64 bits per heavy atom. The lowest BCUT2D eigenvalue weighted by atomic mass is 10.2. The maximum absolute atomic E-state index is 5.29. The smallest absolute Gasteiger partial charge is 0.196 e. The summed E-state index contributed by atoms with van der Waals surface area (Å²) in [6, 6.07) is 28.1. The molecule has 3 aromatic carbocycles. The predicted octanol–water partition coefficient (Wildman–Crippen LogP) is 6.44. The summed E-state index contributed by atoms with van der Waals surface area (Å²) in [7, 11) is 1.66. The monoisotopic (exact) mass is 471 g/mol. The number of benzene rings is 3. The quantitative estimate of drug-likeness (QED) is 0.263. The molecule has 0 radical (unpaired) electrons. The number of nitrogens with one attached hydrogen (secondary N) is 1. The van der Waals surface area contributed by atoms with Gasteiger partial charge in [0.25, 0.3) is 0 Å². The zero-order valence-corrected chi connectivity index (χ0v) is 19.5. The molecule has 164 valence electrons. The van der Waals surface area contributed by atoms with Crippen LogP contribution in [0.3, 0.4) is 0 Å². The molecule has 0 aliphatic heterocycles. The summed E-state index contributed by atoms with van der Waals surface area (Å²) < 4.78 is 7.38. The van der Waals surface area contributed by atoms with Crippen molar-refractivity contribution >= 4 is 33.9 Å². The number of methoxy groups -OCH3 is 1. The van der Waals surface area contributed by atoms with E-state index in [9.17, 15) is 0 Å². The number of para-hydroxylation sites is 2. The average molecular weight is 472 g/mol. The van der Waals surface area contributed by atoms with Gasteiger partial charge in [0.1, 0.15) is 5.75 Å². The van der Waals surface area contributed by atoms with Crippen LogP contribution in [0.25, 0.3) is 17.1 Å². The second-order valence-corrected chi connectivity index (χ2v) is 8.93. The Morgan fingerprint density at radius 1 is 0.909 bits per heavy atom. The highest BCUT2D eigenvalue weighted by atomic mass is 32.2. The Bertz CT molecular complexity index is 1320. The summed E-state index contributed by atoms with van der Waals surface area (Å²) in [4.78, 5) is 4.72. The third-order valence-electron chi connectivity index (χ3n) is 4.92. The lowest BCUT2D eigenvalue weighted by molar-refractivity contribution is 0.415. The van der Waals surface area contributed by atoms with E-state index in [2.05, 4.69) is 37.6 Å². The standard InChI is InChI=1S/C25H21N5OS2/c1-31-22-14-12-18(13-15-22)23-28-29-25(30(23)21-10-6-3-7-11-21)33-17-20-16-32-24(27-20)26-19-8-4-2-5-9-19/h2-16H,17H2,1H3,(H,26,27). The Morgan fingerprint density at radius 3 is 2.36 bits per heavy atom. The summed E-state index contributed by atoms with van der Waals surface area (Å²) in [5.74, 6) is 2.29. The van der Waals surface area contributed by atoms with E-state index in [1.54, 1.807) is 30.2 Å². The summed E-state index contributed by atoms with van der Waals surface area (Å²) in [5, 5.41) is 16.1. The molecule has 6 nitrogen and oxygen atoms in total. The molecule has 0 atom stereocenters. The van der Waals surface area contributed by atoms with Crippen molar-refractivity contribution in [3.63, 3.8) is 0 Å². The van der Waals surface area contributed by atoms with Crippen molar-refractivity contribution in [3.8, 4) is 22.8 Å². The van der Waals surface area contributed by atoms with Crippen LogP contribution in [-0.4, -0.2) is 26.9 Å². The van der Waals surface area contributed by atoms with Gasteiger partial charge in [0.2, 0.25) is 0 Å². The van der Waals surface area contributed by atoms with Crippen LogP contribution in [-0.2, 0) is 5.75 Å². The summed E-state index contributed by atoms with van der Waals surface area (Å²) in [5.41, 5.74) is 4.01. The van der Waals surface area contributed by atoms with E-state index >= 15 is 0 Å². The second kappa shape index (κ2) is 9.89. The number of thiazole rings is 1. The van der Waals surface area contributed by atoms with Gasteiger partial charge in [-0.25, -0.2) is 4.98 Å². The molecule has 0 unspecified atom stereocenters. The van der Waals surface area contributed by atoms with Crippen molar-refractivity contribution in [2.45, 2.75) is 10.9 Å². The molecule has 0 fully saturated rings. The number of nitrogens with zero attached hydrogens (tertiary/aromatic N) is 4. The lowest BCUT2D eigenvalue weighted by Gasteiger charge is -2.10. The zero-order valence-electron chi connectivity index (χ0n) is 17.9. The molecule has 0 spiro atoms. The highest BCUT2D eigenvalue weighted by Gasteiger charge is 2.17. The fourth-order valence-corrected chi connectivity index (χ4v) is 4.99. The minimum Gasteiger partial charge on any atom is -0.497 e. The van der Waals surface area contributed by atoms with E-state index in [-0.39, 0.29) is 0 Å². The van der Waals surface area contributed by atoms with Crippen molar-refractivity contribution in [1.82, 2.24) is 19.7 Å². The topological polar surface area (TPSA) is 64.9 Å². The molecule has 5 rings (SSSR count). The number of ether oxygens (including phenoxy) is 1. The van der Waals surface area contributed by atoms with Crippen LogP contribution < -0.4 is 10.1 Å². The molecule has 0 amide bonds. The average Bonchev–Trinajstić information content (AvgIpc) is 3.51. The van der Waals surface area contributed by atoms with E-state index in [1.807, 2.05) is 72.8 Å². The first-order valence-corrected chi connectivity index (χ1v) is 12.2. The zero-order chi connectivity index (χ0) is 22.5. The Hall–Kier alpha value is -3.62. The van der Waals surface area contributed by atoms with Gasteiger partial charge in [0, 0.05) is 28.1 Å². The van der Waals surface area contributed by atoms with Crippen LogP contribution in [0.2, 0.25) is 0 Å². The van der Waals surface area contributed by atoms with Gasteiger partial charge < -0.3 is 10.1 Å². The molecule has 1 N–H and O–H groups in total. The lowest BCUT2D eigenvalue weighted by Crippen LogP contribution is -1.99. The van der Waals surface area contributed by atoms with Gasteiger partial charge in [0.15, 0.2) is 16.1 Å². The normalized spacial score (nSPS) is 10.8. The third-order valence-corrected chi connectivity index (χ3v) is 6.69. The maximum atomic E-state index is 5.29. The molecule has 33 heavy (non-hydrogen) atoms. The number of hydrogen-bond donors (Lipinski definition) is 1. The van der Waals surface area contributed by atoms with Crippen molar-refractivity contribution < 1.29 is 4.74 Å². The highest BCUT2D eigenvalue weighted by molar-refractivity contribution is 7.98. The van der Waals surface area contributed by atoms with Gasteiger partial charge in [-0.15, -0.1) is 21.5 Å². The molecule has 2 aromatic heterocycles. The molecule has 5 aromatic rings. The number of aromatic nitrogens is 4. The maximum Gasteiger partial charge on any atom is 0.196 e. The molecule has 0 saturated heterocycles. The Labute approximate surface area is 200 Å². The number of rotatable bonds is 8. The fraction of sp³-hybridized carbons (Fsp3) is 0.0800. The number of thioether (sulfide) groups is 1. The van der Waals surface area contributed by atoms with Gasteiger partial charge in [0.05, 0.1) is 12.8 Å². The summed E-state index contributed by atoms with van der Waals surface area (Å²) in [6.45, 7) is 0. The third kappa shape index (κ3) is 4.92. The van der Waals surface area contributed by atoms with Gasteiger partial charge in [-0.1, -0.05) is 48.2 Å². The fourth-order valence-electron chi connectivity index (χ4n) is 3.31. The van der Waals surface area contributed by atoms with Crippen LogP contribution in [0.15, 0.2) is 95.5 Å². The second-order valence-electron chi connectivity index (χ2n) is 7.13. The van der Waals surface area contributed by atoms with Crippen LogP contribution in [0.5, 0.6) is 5.75 Å². The van der Waals surface area contributed by atoms with Gasteiger partial charge >= 0.3 is 0 Å². The SMILES string of the molecule is COc1ccc(-c2nnc(SCc3csc(Nc4ccccc4)n3)n2-c2ccccc2)cc1. The Kier molecular flexibility index (Phi) is 6.37. The van der Waals surface area contributed by atoms with Gasteiger partial charge in [-0.2, -0.15) is 0 Å². The first kappa shape index (κ1) is 21.2.